The predicted molar refractivity (Wildman–Crippen MR) is 55.0 cm³/mol. The molecule has 1 aromatic rings. The van der Waals surface area contributed by atoms with Crippen molar-refractivity contribution in [1.82, 2.24) is 10.3 Å². The minimum absolute atomic E-state index is 0.645. The van der Waals surface area contributed by atoms with Crippen LogP contribution in [0.3, 0.4) is 0 Å². The van der Waals surface area contributed by atoms with Crippen molar-refractivity contribution < 1.29 is 4.74 Å². The second-order valence-corrected chi connectivity index (χ2v) is 3.56. The Morgan fingerprint density at radius 1 is 1.62 bits per heavy atom. The highest BCUT2D eigenvalue weighted by Crippen LogP contribution is 2.10. The summed E-state index contributed by atoms with van der Waals surface area (Å²) in [7, 11) is 1.70. The van der Waals surface area contributed by atoms with E-state index in [2.05, 4.69) is 10.3 Å². The van der Waals surface area contributed by atoms with Gasteiger partial charge in [-0.1, -0.05) is 0 Å². The molecule has 0 unspecified atom stereocenters. The number of methoxy groups -OCH3 is 1. The van der Waals surface area contributed by atoms with E-state index in [-0.39, 0.29) is 0 Å². The van der Waals surface area contributed by atoms with Crippen LogP contribution in [-0.4, -0.2) is 31.8 Å². The molecule has 13 heavy (non-hydrogen) atoms. The predicted octanol–water partition coefficient (Wildman–Crippen LogP) is 0.504. The third-order valence-corrected chi connectivity index (χ3v) is 2.33. The van der Waals surface area contributed by atoms with E-state index < -0.39 is 0 Å². The van der Waals surface area contributed by atoms with Crippen molar-refractivity contribution in [2.45, 2.75) is 6.42 Å². The van der Waals surface area contributed by atoms with Gasteiger partial charge in [0, 0.05) is 32.0 Å². The summed E-state index contributed by atoms with van der Waals surface area (Å²) in [4.78, 5) is 4.15. The standard InChI is InChI=1S/C8H15N3OS/c1-12-5-4-10-3-2-7-6-13-8(9)11-7/h6,10H,2-5H2,1H3,(H2,9,11). The third kappa shape index (κ3) is 4.21. The van der Waals surface area contributed by atoms with Gasteiger partial charge in [0.2, 0.25) is 0 Å². The molecule has 0 aliphatic rings. The average Bonchev–Trinajstić information content (AvgIpc) is 2.51. The summed E-state index contributed by atoms with van der Waals surface area (Å²) in [5, 5.41) is 5.88. The van der Waals surface area contributed by atoms with Gasteiger partial charge in [-0.05, 0) is 0 Å². The summed E-state index contributed by atoms with van der Waals surface area (Å²) < 4.78 is 4.90. The largest absolute Gasteiger partial charge is 0.383 e. The maximum absolute atomic E-state index is 5.50. The van der Waals surface area contributed by atoms with Crippen molar-refractivity contribution in [3.63, 3.8) is 0 Å². The first kappa shape index (κ1) is 10.4. The van der Waals surface area contributed by atoms with Gasteiger partial charge in [0.1, 0.15) is 0 Å². The summed E-state index contributed by atoms with van der Waals surface area (Å²) in [6.45, 7) is 2.56. The Hall–Kier alpha value is -0.650. The van der Waals surface area contributed by atoms with Gasteiger partial charge in [-0.15, -0.1) is 11.3 Å². The number of ether oxygens (including phenoxy) is 1. The molecule has 1 rings (SSSR count). The second-order valence-electron chi connectivity index (χ2n) is 2.67. The van der Waals surface area contributed by atoms with Gasteiger partial charge in [0.25, 0.3) is 0 Å². The van der Waals surface area contributed by atoms with Crippen LogP contribution >= 0.6 is 11.3 Å². The Bertz CT molecular complexity index is 239. The molecule has 3 N–H and O–H groups in total. The first-order valence-corrected chi connectivity index (χ1v) is 5.10. The Morgan fingerprint density at radius 3 is 3.08 bits per heavy atom. The SMILES string of the molecule is COCCNCCc1csc(N)n1. The number of rotatable bonds is 6. The number of hydrogen-bond donors (Lipinski definition) is 2. The summed E-state index contributed by atoms with van der Waals surface area (Å²) in [6, 6.07) is 0. The molecule has 0 bridgehead atoms. The zero-order valence-corrected chi connectivity index (χ0v) is 8.56. The van der Waals surface area contributed by atoms with E-state index in [4.69, 9.17) is 10.5 Å². The molecular weight excluding hydrogens is 186 g/mol. The maximum atomic E-state index is 5.50. The number of nitrogens with one attached hydrogen (secondary N) is 1. The van der Waals surface area contributed by atoms with E-state index in [0.29, 0.717) is 5.13 Å². The van der Waals surface area contributed by atoms with Gasteiger partial charge in [0.15, 0.2) is 5.13 Å². The fourth-order valence-corrected chi connectivity index (χ4v) is 1.55. The molecule has 0 saturated carbocycles. The highest BCUT2D eigenvalue weighted by Gasteiger charge is 1.97. The number of nitrogens with zero attached hydrogens (tertiary/aromatic N) is 1. The van der Waals surface area contributed by atoms with E-state index in [1.165, 1.54) is 11.3 Å². The van der Waals surface area contributed by atoms with E-state index >= 15 is 0 Å². The van der Waals surface area contributed by atoms with Crippen LogP contribution in [0.1, 0.15) is 5.69 Å². The molecule has 4 nitrogen and oxygen atoms in total. The zero-order chi connectivity index (χ0) is 9.52. The zero-order valence-electron chi connectivity index (χ0n) is 7.75. The minimum Gasteiger partial charge on any atom is -0.383 e. The fraction of sp³-hybridized carbons (Fsp3) is 0.625. The summed E-state index contributed by atoms with van der Waals surface area (Å²) in [6.07, 6.45) is 0.928. The van der Waals surface area contributed by atoms with Crippen molar-refractivity contribution in [2.75, 3.05) is 32.5 Å². The van der Waals surface area contributed by atoms with Crippen molar-refractivity contribution in [1.29, 1.82) is 0 Å². The van der Waals surface area contributed by atoms with Gasteiger partial charge in [-0.2, -0.15) is 0 Å². The monoisotopic (exact) mass is 201 g/mol. The molecule has 1 aromatic heterocycles. The van der Waals surface area contributed by atoms with E-state index in [1.807, 2.05) is 5.38 Å². The number of hydrogen-bond acceptors (Lipinski definition) is 5. The van der Waals surface area contributed by atoms with Crippen molar-refractivity contribution in [2.24, 2.45) is 0 Å². The Kier molecular flexibility index (Phi) is 4.74. The Labute approximate surface area is 82.1 Å². The van der Waals surface area contributed by atoms with Crippen LogP contribution in [0.25, 0.3) is 0 Å². The summed E-state index contributed by atoms with van der Waals surface area (Å²) >= 11 is 1.49. The average molecular weight is 201 g/mol. The summed E-state index contributed by atoms with van der Waals surface area (Å²) in [5.41, 5.74) is 6.56. The first-order chi connectivity index (χ1) is 6.33. The van der Waals surface area contributed by atoms with Crippen LogP contribution in [0.4, 0.5) is 5.13 Å². The molecule has 0 aromatic carbocycles. The van der Waals surface area contributed by atoms with Crippen molar-refractivity contribution >= 4 is 16.5 Å². The molecule has 0 atom stereocenters. The Balaban J connectivity index is 2.06. The number of aromatic nitrogens is 1. The van der Waals surface area contributed by atoms with Crippen LogP contribution in [0.5, 0.6) is 0 Å². The molecule has 0 amide bonds. The van der Waals surface area contributed by atoms with Crippen LogP contribution < -0.4 is 11.1 Å². The molecule has 0 fully saturated rings. The number of nitrogens with two attached hydrogens (primary N) is 1. The van der Waals surface area contributed by atoms with E-state index in [9.17, 15) is 0 Å². The molecule has 0 spiro atoms. The lowest BCUT2D eigenvalue weighted by molar-refractivity contribution is 0.199. The molecule has 1 heterocycles. The lowest BCUT2D eigenvalue weighted by atomic mass is 10.3. The van der Waals surface area contributed by atoms with Gasteiger partial charge in [-0.25, -0.2) is 4.98 Å². The lowest BCUT2D eigenvalue weighted by Gasteiger charge is -2.01. The Morgan fingerprint density at radius 2 is 2.46 bits per heavy atom. The molecule has 0 saturated heterocycles. The number of nitrogen functional groups attached to an aromatic ring is 1. The van der Waals surface area contributed by atoms with Crippen molar-refractivity contribution in [3.05, 3.63) is 11.1 Å². The van der Waals surface area contributed by atoms with E-state index in [0.717, 1.165) is 31.8 Å². The van der Waals surface area contributed by atoms with Gasteiger partial charge in [0.05, 0.1) is 12.3 Å². The topological polar surface area (TPSA) is 60.2 Å². The van der Waals surface area contributed by atoms with Crippen LogP contribution in [0, 0.1) is 0 Å². The second kappa shape index (κ2) is 5.90. The van der Waals surface area contributed by atoms with Crippen molar-refractivity contribution in [3.8, 4) is 0 Å². The molecular formula is C8H15N3OS. The lowest BCUT2D eigenvalue weighted by Crippen LogP contribution is -2.21. The highest BCUT2D eigenvalue weighted by molar-refractivity contribution is 7.13. The molecule has 0 aliphatic heterocycles. The normalized spacial score (nSPS) is 10.5. The molecule has 0 aliphatic carbocycles. The van der Waals surface area contributed by atoms with Crippen LogP contribution in [-0.2, 0) is 11.2 Å². The fourth-order valence-electron chi connectivity index (χ4n) is 0.953. The van der Waals surface area contributed by atoms with E-state index in [1.54, 1.807) is 7.11 Å². The number of thiazole rings is 1. The van der Waals surface area contributed by atoms with Crippen LogP contribution in [0.15, 0.2) is 5.38 Å². The first-order valence-electron chi connectivity index (χ1n) is 4.22. The quantitative estimate of drug-likeness (QED) is 0.658. The highest BCUT2D eigenvalue weighted by atomic mass is 32.1. The van der Waals surface area contributed by atoms with Crippen LogP contribution in [0.2, 0.25) is 0 Å². The third-order valence-electron chi connectivity index (χ3n) is 1.61. The number of anilines is 1. The van der Waals surface area contributed by atoms with Gasteiger partial charge in [-0.3, -0.25) is 0 Å². The molecule has 74 valence electrons. The molecule has 0 radical (unpaired) electrons. The maximum Gasteiger partial charge on any atom is 0.180 e. The molecule has 5 heteroatoms. The van der Waals surface area contributed by atoms with Gasteiger partial charge >= 0.3 is 0 Å². The minimum atomic E-state index is 0.645. The smallest absolute Gasteiger partial charge is 0.180 e. The van der Waals surface area contributed by atoms with Gasteiger partial charge < -0.3 is 15.8 Å². The summed E-state index contributed by atoms with van der Waals surface area (Å²) in [5.74, 6) is 0.